The molecular weight excluding hydrogens is 255 g/mol. The first-order valence-electron chi connectivity index (χ1n) is 4.31. The zero-order valence-electron chi connectivity index (χ0n) is 7.87. The topological polar surface area (TPSA) is 101 Å². The number of hydrogen-bond acceptors (Lipinski definition) is 5. The minimum absolute atomic E-state index is 0.488. The fraction of sp³-hybridized carbons (Fsp3) is 0.875. The molecule has 84 valence electrons. The number of rotatable bonds is 6. The molecule has 0 aliphatic rings. The molecular formula is C8H16O5Se. The van der Waals surface area contributed by atoms with Gasteiger partial charge in [-0.05, 0) is 0 Å². The molecule has 0 aliphatic heterocycles. The van der Waals surface area contributed by atoms with Gasteiger partial charge in [-0.15, -0.1) is 0 Å². The molecule has 0 spiro atoms. The Hall–Kier alpha value is 0.189. The summed E-state index contributed by atoms with van der Waals surface area (Å²) in [7, 11) is 0. The van der Waals surface area contributed by atoms with Crippen LogP contribution in [-0.2, 0) is 0 Å². The van der Waals surface area contributed by atoms with E-state index < -0.39 is 31.0 Å². The van der Waals surface area contributed by atoms with E-state index >= 15 is 0 Å². The summed E-state index contributed by atoms with van der Waals surface area (Å²) in [5.41, 5.74) is 0. The summed E-state index contributed by atoms with van der Waals surface area (Å²) >= 11 is 2.57. The first-order valence-corrected chi connectivity index (χ1v) is 5.17. The first kappa shape index (κ1) is 14.2. The van der Waals surface area contributed by atoms with Crippen molar-refractivity contribution in [1.82, 2.24) is 0 Å². The van der Waals surface area contributed by atoms with Crippen molar-refractivity contribution in [2.75, 3.05) is 6.61 Å². The SMILES string of the molecule is CCC(=[Se])[C@H](O)[C@@H](O)[C@H](O)[C@H](O)CO. The molecule has 0 aromatic carbocycles. The van der Waals surface area contributed by atoms with Crippen molar-refractivity contribution in [2.45, 2.75) is 37.8 Å². The fourth-order valence-electron chi connectivity index (χ4n) is 0.922. The summed E-state index contributed by atoms with van der Waals surface area (Å²) in [5.74, 6) is 0. The van der Waals surface area contributed by atoms with Crippen LogP contribution < -0.4 is 0 Å². The van der Waals surface area contributed by atoms with Gasteiger partial charge in [-0.2, -0.15) is 0 Å². The Morgan fingerprint density at radius 3 is 2.00 bits per heavy atom. The van der Waals surface area contributed by atoms with Crippen molar-refractivity contribution in [3.05, 3.63) is 0 Å². The van der Waals surface area contributed by atoms with Gasteiger partial charge in [-0.25, -0.2) is 0 Å². The van der Waals surface area contributed by atoms with E-state index in [2.05, 4.69) is 15.6 Å². The van der Waals surface area contributed by atoms with E-state index in [1.54, 1.807) is 6.92 Å². The second kappa shape index (κ2) is 6.63. The molecule has 0 heterocycles. The van der Waals surface area contributed by atoms with Gasteiger partial charge < -0.3 is 0 Å². The van der Waals surface area contributed by atoms with E-state index in [0.717, 1.165) is 0 Å². The summed E-state index contributed by atoms with van der Waals surface area (Å²) in [6.45, 7) is 1.11. The molecule has 0 amide bonds. The van der Waals surface area contributed by atoms with Gasteiger partial charge in [-0.1, -0.05) is 0 Å². The third kappa shape index (κ3) is 3.74. The molecule has 6 heteroatoms. The van der Waals surface area contributed by atoms with Crippen molar-refractivity contribution >= 4 is 20.0 Å². The van der Waals surface area contributed by atoms with Crippen molar-refractivity contribution in [3.63, 3.8) is 0 Å². The summed E-state index contributed by atoms with van der Waals surface area (Å²) < 4.78 is 0.488. The van der Waals surface area contributed by atoms with Crippen LogP contribution in [0.1, 0.15) is 13.3 Å². The Morgan fingerprint density at radius 1 is 1.14 bits per heavy atom. The van der Waals surface area contributed by atoms with Crippen molar-refractivity contribution in [2.24, 2.45) is 0 Å². The van der Waals surface area contributed by atoms with Gasteiger partial charge >= 0.3 is 89.9 Å². The van der Waals surface area contributed by atoms with Gasteiger partial charge in [0.2, 0.25) is 0 Å². The average Bonchev–Trinajstić information content (AvgIpc) is 2.23. The molecule has 0 radical (unpaired) electrons. The van der Waals surface area contributed by atoms with Crippen LogP contribution in [0.4, 0.5) is 0 Å². The summed E-state index contributed by atoms with van der Waals surface area (Å²) in [6, 6.07) is 0. The van der Waals surface area contributed by atoms with E-state index in [1.807, 2.05) is 0 Å². The predicted molar refractivity (Wildman–Crippen MR) is 52.2 cm³/mol. The van der Waals surface area contributed by atoms with Crippen molar-refractivity contribution < 1.29 is 25.5 Å². The molecule has 0 saturated heterocycles. The van der Waals surface area contributed by atoms with Gasteiger partial charge in [0, 0.05) is 0 Å². The summed E-state index contributed by atoms with van der Waals surface area (Å²) in [4.78, 5) is 0. The Kier molecular flexibility index (Phi) is 6.72. The maximum atomic E-state index is 9.43. The summed E-state index contributed by atoms with van der Waals surface area (Å²) in [5, 5.41) is 45.6. The first-order chi connectivity index (χ1) is 6.45. The minimum atomic E-state index is -1.56. The Balaban J connectivity index is 4.30. The quantitative estimate of drug-likeness (QED) is 0.335. The van der Waals surface area contributed by atoms with Crippen LogP contribution in [0.5, 0.6) is 0 Å². The molecule has 5 N–H and O–H groups in total. The van der Waals surface area contributed by atoms with Gasteiger partial charge in [0.15, 0.2) is 0 Å². The Bertz CT molecular complexity index is 187. The molecule has 0 aromatic heterocycles. The van der Waals surface area contributed by atoms with Gasteiger partial charge in [0.05, 0.1) is 0 Å². The Morgan fingerprint density at radius 2 is 1.64 bits per heavy atom. The van der Waals surface area contributed by atoms with Crippen LogP contribution in [0.2, 0.25) is 0 Å². The molecule has 0 bridgehead atoms. The van der Waals surface area contributed by atoms with E-state index in [1.165, 1.54) is 0 Å². The van der Waals surface area contributed by atoms with E-state index in [-0.39, 0.29) is 0 Å². The number of aliphatic hydroxyl groups excluding tert-OH is 5. The molecule has 0 saturated carbocycles. The van der Waals surface area contributed by atoms with Gasteiger partial charge in [0.1, 0.15) is 0 Å². The average molecular weight is 271 g/mol. The molecule has 0 aromatic rings. The standard InChI is InChI=1S/C8H16O5Se/c1-2-5(14)7(12)8(13)6(11)4(10)3-9/h4,6-13H,2-3H2,1H3/t4-,6-,7+,8+/m1/s1. The second-order valence-corrected chi connectivity index (χ2v) is 4.10. The van der Waals surface area contributed by atoms with E-state index in [9.17, 15) is 15.3 Å². The third-order valence-corrected chi connectivity index (χ3v) is 3.05. The van der Waals surface area contributed by atoms with Crippen LogP contribution in [-0.4, -0.2) is 76.5 Å². The fourth-order valence-corrected chi connectivity index (χ4v) is 1.21. The van der Waals surface area contributed by atoms with E-state index in [4.69, 9.17) is 10.2 Å². The number of hydrogen-bond donors (Lipinski definition) is 5. The van der Waals surface area contributed by atoms with Crippen LogP contribution >= 0.6 is 0 Å². The molecule has 4 atom stereocenters. The third-order valence-electron chi connectivity index (χ3n) is 1.93. The maximum absolute atomic E-state index is 9.43. The van der Waals surface area contributed by atoms with Crippen LogP contribution in [0, 0.1) is 0 Å². The van der Waals surface area contributed by atoms with Crippen LogP contribution in [0.15, 0.2) is 0 Å². The second-order valence-electron chi connectivity index (χ2n) is 3.00. The molecule has 0 fully saturated rings. The molecule has 0 unspecified atom stereocenters. The molecule has 0 rings (SSSR count). The van der Waals surface area contributed by atoms with Gasteiger partial charge in [-0.3, -0.25) is 0 Å². The Labute approximate surface area is 90.4 Å². The van der Waals surface area contributed by atoms with Crippen LogP contribution in [0.25, 0.3) is 0 Å². The molecule has 5 nitrogen and oxygen atoms in total. The van der Waals surface area contributed by atoms with Gasteiger partial charge in [0.25, 0.3) is 0 Å². The summed E-state index contributed by atoms with van der Waals surface area (Å²) in [6.07, 6.45) is -5.25. The number of aliphatic hydroxyl groups is 5. The normalized spacial score (nSPS) is 19.9. The molecule has 0 aliphatic carbocycles. The predicted octanol–water partition coefficient (Wildman–Crippen LogP) is -2.83. The molecule has 14 heavy (non-hydrogen) atoms. The van der Waals surface area contributed by atoms with E-state index in [0.29, 0.717) is 10.8 Å². The monoisotopic (exact) mass is 272 g/mol. The van der Waals surface area contributed by atoms with Crippen LogP contribution in [0.3, 0.4) is 0 Å². The zero-order valence-corrected chi connectivity index (χ0v) is 9.58. The van der Waals surface area contributed by atoms with Crippen molar-refractivity contribution in [3.8, 4) is 0 Å². The zero-order chi connectivity index (χ0) is 11.3. The van der Waals surface area contributed by atoms with Crippen molar-refractivity contribution in [1.29, 1.82) is 0 Å².